The number of aromatic nitrogens is 3. The number of nitrogens with zero attached hydrogens (tertiary/aromatic N) is 6. The molecule has 8 nitrogen and oxygen atoms in total. The lowest BCUT2D eigenvalue weighted by Crippen LogP contribution is -2.02. The van der Waals surface area contributed by atoms with E-state index in [0.717, 1.165) is 28.1 Å². The SMILES string of the molecule is Cc1ccc(C2N=NC(c3ccc(OC(F)F)cc3)=N2)cc1Nc1nccc(-c2cccnc2)n1. The van der Waals surface area contributed by atoms with E-state index in [-0.39, 0.29) is 5.75 Å². The molecular formula is C25H19F2N7O. The third-order valence-corrected chi connectivity index (χ3v) is 5.26. The zero-order valence-electron chi connectivity index (χ0n) is 18.5. The molecule has 1 atom stereocenters. The molecule has 0 spiro atoms. The minimum atomic E-state index is -2.87. The Labute approximate surface area is 199 Å². The van der Waals surface area contributed by atoms with Crippen molar-refractivity contribution in [1.29, 1.82) is 0 Å². The van der Waals surface area contributed by atoms with Gasteiger partial charge in [0.05, 0.1) is 5.69 Å². The van der Waals surface area contributed by atoms with Crippen LogP contribution in [0, 0.1) is 6.92 Å². The lowest BCUT2D eigenvalue weighted by atomic mass is 10.1. The summed E-state index contributed by atoms with van der Waals surface area (Å²) in [6.45, 7) is -0.897. The van der Waals surface area contributed by atoms with Gasteiger partial charge in [-0.05, 0) is 61.0 Å². The van der Waals surface area contributed by atoms with E-state index in [4.69, 9.17) is 0 Å². The molecule has 2 aromatic carbocycles. The summed E-state index contributed by atoms with van der Waals surface area (Å²) in [5.74, 6) is 0.941. The van der Waals surface area contributed by atoms with E-state index < -0.39 is 12.8 Å². The van der Waals surface area contributed by atoms with Gasteiger partial charge in [0.2, 0.25) is 5.95 Å². The number of benzene rings is 2. The van der Waals surface area contributed by atoms with Gasteiger partial charge in [-0.25, -0.2) is 15.0 Å². The fourth-order valence-corrected chi connectivity index (χ4v) is 3.49. The van der Waals surface area contributed by atoms with Gasteiger partial charge in [0.1, 0.15) is 5.75 Å². The van der Waals surface area contributed by atoms with Gasteiger partial charge in [0.25, 0.3) is 0 Å². The van der Waals surface area contributed by atoms with Crippen LogP contribution in [0.3, 0.4) is 0 Å². The molecule has 1 unspecified atom stereocenters. The second kappa shape index (κ2) is 9.72. The summed E-state index contributed by atoms with van der Waals surface area (Å²) >= 11 is 0. The van der Waals surface area contributed by atoms with Crippen molar-refractivity contribution in [2.45, 2.75) is 19.7 Å². The number of alkyl halides is 2. The molecule has 3 heterocycles. The van der Waals surface area contributed by atoms with Crippen molar-refractivity contribution < 1.29 is 13.5 Å². The van der Waals surface area contributed by atoms with Crippen molar-refractivity contribution in [2.75, 3.05) is 5.32 Å². The standard InChI is InChI=1S/C25H19F2N7O/c1-15-4-5-17(23-32-22(33-34-23)16-6-8-19(9-7-16)35-24(26)27)13-21(15)31-25-29-12-10-20(30-25)18-3-2-11-28-14-18/h2-14,23-24H,1H3,(H,29,30,31). The van der Waals surface area contributed by atoms with Gasteiger partial charge in [-0.2, -0.15) is 13.9 Å². The van der Waals surface area contributed by atoms with E-state index in [1.807, 2.05) is 43.3 Å². The fourth-order valence-electron chi connectivity index (χ4n) is 3.49. The second-order valence-corrected chi connectivity index (χ2v) is 7.65. The van der Waals surface area contributed by atoms with Crippen LogP contribution in [0.4, 0.5) is 20.4 Å². The Bertz CT molecular complexity index is 1390. The third kappa shape index (κ3) is 5.16. The average molecular weight is 471 g/mol. The van der Waals surface area contributed by atoms with Crippen LogP contribution in [0.25, 0.3) is 11.3 Å². The zero-order chi connectivity index (χ0) is 24.2. The smallest absolute Gasteiger partial charge is 0.387 e. The maximum atomic E-state index is 12.4. The first-order valence-electron chi connectivity index (χ1n) is 10.7. The minimum absolute atomic E-state index is 0.0694. The predicted molar refractivity (Wildman–Crippen MR) is 127 cm³/mol. The zero-order valence-corrected chi connectivity index (χ0v) is 18.5. The lowest BCUT2D eigenvalue weighted by molar-refractivity contribution is -0.0498. The number of anilines is 2. The number of aliphatic imine (C=N–C) groups is 1. The van der Waals surface area contributed by atoms with Gasteiger partial charge in [-0.3, -0.25) is 4.98 Å². The Kier molecular flexibility index (Phi) is 6.16. The number of rotatable bonds is 7. The molecule has 174 valence electrons. The summed E-state index contributed by atoms with van der Waals surface area (Å²) in [4.78, 5) is 17.6. The number of azo groups is 1. The molecule has 0 bridgehead atoms. The second-order valence-electron chi connectivity index (χ2n) is 7.65. The van der Waals surface area contributed by atoms with Crippen LogP contribution in [0.2, 0.25) is 0 Å². The van der Waals surface area contributed by atoms with Crippen LogP contribution in [0.1, 0.15) is 22.9 Å². The highest BCUT2D eigenvalue weighted by atomic mass is 19.3. The summed E-state index contributed by atoms with van der Waals surface area (Å²) < 4.78 is 29.1. The molecule has 0 aliphatic carbocycles. The van der Waals surface area contributed by atoms with Crippen molar-refractivity contribution in [1.82, 2.24) is 15.0 Å². The quantitative estimate of drug-likeness (QED) is 0.351. The number of ether oxygens (including phenoxy) is 1. The molecule has 35 heavy (non-hydrogen) atoms. The van der Waals surface area contributed by atoms with Crippen LogP contribution in [0.15, 0.2) is 94.5 Å². The topological polar surface area (TPSA) is 97.0 Å². The van der Waals surface area contributed by atoms with Gasteiger partial charge >= 0.3 is 6.61 Å². The molecule has 5 rings (SSSR count). The lowest BCUT2D eigenvalue weighted by Gasteiger charge is -2.12. The predicted octanol–water partition coefficient (Wildman–Crippen LogP) is 6.10. The van der Waals surface area contributed by atoms with E-state index >= 15 is 0 Å². The van der Waals surface area contributed by atoms with Crippen LogP contribution in [0.5, 0.6) is 5.75 Å². The van der Waals surface area contributed by atoms with Crippen LogP contribution >= 0.6 is 0 Å². The molecule has 0 saturated carbocycles. The van der Waals surface area contributed by atoms with Gasteiger partial charge in [-0.15, -0.1) is 5.11 Å². The van der Waals surface area contributed by atoms with Crippen LogP contribution in [-0.4, -0.2) is 27.4 Å². The summed E-state index contributed by atoms with van der Waals surface area (Å²) in [6, 6.07) is 17.6. The maximum absolute atomic E-state index is 12.4. The number of pyridine rings is 1. The third-order valence-electron chi connectivity index (χ3n) is 5.26. The number of halogens is 2. The van der Waals surface area contributed by atoms with Crippen molar-refractivity contribution in [2.24, 2.45) is 15.2 Å². The van der Waals surface area contributed by atoms with Gasteiger partial charge in [0.15, 0.2) is 12.0 Å². The Hall–Kier alpha value is -4.60. The van der Waals surface area contributed by atoms with Crippen molar-refractivity contribution in [3.8, 4) is 17.0 Å². The molecule has 2 aromatic heterocycles. The molecule has 0 amide bonds. The van der Waals surface area contributed by atoms with E-state index in [1.165, 1.54) is 12.1 Å². The molecule has 0 saturated heterocycles. The van der Waals surface area contributed by atoms with Crippen molar-refractivity contribution in [3.05, 3.63) is 95.9 Å². The van der Waals surface area contributed by atoms with Gasteiger partial charge in [-0.1, -0.05) is 12.1 Å². The highest BCUT2D eigenvalue weighted by molar-refractivity contribution is 6.00. The molecule has 1 aliphatic heterocycles. The number of hydrogen-bond donors (Lipinski definition) is 1. The van der Waals surface area contributed by atoms with Crippen molar-refractivity contribution in [3.63, 3.8) is 0 Å². The first-order valence-corrected chi connectivity index (χ1v) is 10.7. The van der Waals surface area contributed by atoms with Gasteiger partial charge in [0, 0.05) is 41.0 Å². The number of aryl methyl sites for hydroxylation is 1. The van der Waals surface area contributed by atoms with E-state index in [9.17, 15) is 8.78 Å². The maximum Gasteiger partial charge on any atom is 0.387 e. The van der Waals surface area contributed by atoms with Gasteiger partial charge < -0.3 is 10.1 Å². The van der Waals surface area contributed by atoms with Crippen LogP contribution in [-0.2, 0) is 0 Å². The Balaban J connectivity index is 1.35. The fraction of sp³-hybridized carbons (Fsp3) is 0.120. The summed E-state index contributed by atoms with van der Waals surface area (Å²) in [5.41, 5.74) is 4.96. The Morgan fingerprint density at radius 1 is 0.971 bits per heavy atom. The highest BCUT2D eigenvalue weighted by Gasteiger charge is 2.19. The van der Waals surface area contributed by atoms with Crippen LogP contribution < -0.4 is 10.1 Å². The monoisotopic (exact) mass is 471 g/mol. The summed E-state index contributed by atoms with van der Waals surface area (Å²) in [5, 5.41) is 11.7. The molecular weight excluding hydrogens is 452 g/mol. The summed E-state index contributed by atoms with van der Waals surface area (Å²) in [7, 11) is 0. The minimum Gasteiger partial charge on any atom is -0.435 e. The molecule has 0 radical (unpaired) electrons. The molecule has 0 fully saturated rings. The molecule has 10 heteroatoms. The molecule has 4 aromatic rings. The Morgan fingerprint density at radius 2 is 1.83 bits per heavy atom. The average Bonchev–Trinajstić information content (AvgIpc) is 3.37. The first kappa shape index (κ1) is 22.2. The van der Waals surface area contributed by atoms with E-state index in [0.29, 0.717) is 17.3 Å². The molecule has 1 N–H and O–H groups in total. The number of hydrogen-bond acceptors (Lipinski definition) is 8. The number of amidine groups is 1. The highest BCUT2D eigenvalue weighted by Crippen LogP contribution is 2.30. The van der Waals surface area contributed by atoms with E-state index in [1.54, 1.807) is 30.7 Å². The molecule has 1 aliphatic rings. The normalized spacial score (nSPS) is 14.7. The van der Waals surface area contributed by atoms with E-state index in [2.05, 4.69) is 40.2 Å². The first-order chi connectivity index (χ1) is 17.0. The van der Waals surface area contributed by atoms with Crippen molar-refractivity contribution >= 4 is 17.5 Å². The summed E-state index contributed by atoms with van der Waals surface area (Å²) in [6.07, 6.45) is 4.63. The largest absolute Gasteiger partial charge is 0.435 e. The Morgan fingerprint density at radius 3 is 2.60 bits per heavy atom. The number of nitrogens with one attached hydrogen (secondary N) is 1.